The van der Waals surface area contributed by atoms with Gasteiger partial charge < -0.3 is 25.2 Å². The highest BCUT2D eigenvalue weighted by Gasteiger charge is 2.25. The molecule has 1 atom stereocenters. The molecule has 0 spiro atoms. The summed E-state index contributed by atoms with van der Waals surface area (Å²) in [6.45, 7) is 10.5. The van der Waals surface area contributed by atoms with Crippen LogP contribution in [0.5, 0.6) is 0 Å². The number of fused-ring (bicyclic) bond motifs is 1. The van der Waals surface area contributed by atoms with Gasteiger partial charge in [-0.2, -0.15) is 10.1 Å². The maximum Gasteiger partial charge on any atom is 0.238 e. The van der Waals surface area contributed by atoms with Crippen LogP contribution in [-0.2, 0) is 9.53 Å². The van der Waals surface area contributed by atoms with E-state index in [0.29, 0.717) is 23.5 Å². The summed E-state index contributed by atoms with van der Waals surface area (Å²) in [5, 5.41) is 14.1. The monoisotopic (exact) mass is 604 g/mol. The predicted molar refractivity (Wildman–Crippen MR) is 168 cm³/mol. The molecule has 1 amide bonds. The zero-order valence-corrected chi connectivity index (χ0v) is 25.6. The molecule has 2 aliphatic rings. The number of H-pyrrole nitrogens is 1. The Balaban J connectivity index is 0.944. The molecular formula is C30H40N10O2S. The van der Waals surface area contributed by atoms with E-state index < -0.39 is 0 Å². The van der Waals surface area contributed by atoms with Crippen molar-refractivity contribution >= 4 is 40.8 Å². The number of nitrogens with one attached hydrogen (secondary N) is 3. The number of amides is 1. The highest BCUT2D eigenvalue weighted by Crippen LogP contribution is 2.28. The lowest BCUT2D eigenvalue weighted by Crippen LogP contribution is -2.44. The average molecular weight is 605 g/mol. The molecule has 0 bridgehead atoms. The summed E-state index contributed by atoms with van der Waals surface area (Å²) in [7, 11) is 2.18. The number of aryl methyl sites for hydroxylation is 1. The summed E-state index contributed by atoms with van der Waals surface area (Å²) >= 11 is 1.46. The largest absolute Gasteiger partial charge is 0.377 e. The molecule has 13 heteroatoms. The first kappa shape index (κ1) is 29.6. The number of aromatic amines is 1. The number of ether oxygens (including phenoxy) is 1. The molecule has 12 nitrogen and oxygen atoms in total. The minimum absolute atomic E-state index is 0.0116. The van der Waals surface area contributed by atoms with E-state index in [2.05, 4.69) is 47.6 Å². The molecule has 4 aromatic rings. The summed E-state index contributed by atoms with van der Waals surface area (Å²) in [6.07, 6.45) is 4.16. The summed E-state index contributed by atoms with van der Waals surface area (Å²) in [5.41, 5.74) is 2.52. The number of anilines is 3. The summed E-state index contributed by atoms with van der Waals surface area (Å²) in [6, 6.07) is 13.6. The van der Waals surface area contributed by atoms with Gasteiger partial charge in [-0.05, 0) is 75.0 Å². The van der Waals surface area contributed by atoms with E-state index in [0.717, 1.165) is 87.2 Å². The van der Waals surface area contributed by atoms with Crippen LogP contribution in [0.4, 0.5) is 17.5 Å². The third-order valence-electron chi connectivity index (χ3n) is 7.82. The van der Waals surface area contributed by atoms with Gasteiger partial charge in [0.05, 0.1) is 12.6 Å². The standard InChI is InChI=1S/C30H40N10O2S/c1-22-19-26(36-35-22)32-29-34-30(33-27-5-3-12-40(27)29)43-25-8-6-23(7-9-25)31-28(41)21-39-13-10-24(20-39)42-18-4-11-38-16-14-37(2)15-17-38/h3,5-9,12,19,24H,4,10-11,13-18,20-21H2,1-2H3,(H,31,41)(H2,32,33,34,35,36). The van der Waals surface area contributed by atoms with Crippen molar-refractivity contribution in [2.75, 3.05) is 76.6 Å². The molecule has 2 fully saturated rings. The second-order valence-electron chi connectivity index (χ2n) is 11.3. The number of aromatic nitrogens is 5. The lowest BCUT2D eigenvalue weighted by atomic mass is 10.3. The molecule has 228 valence electrons. The van der Waals surface area contributed by atoms with Crippen LogP contribution in [0, 0.1) is 6.92 Å². The van der Waals surface area contributed by atoms with Crippen LogP contribution in [0.2, 0.25) is 0 Å². The molecule has 3 aromatic heterocycles. The molecule has 2 aliphatic heterocycles. The van der Waals surface area contributed by atoms with E-state index in [9.17, 15) is 4.79 Å². The van der Waals surface area contributed by atoms with Gasteiger partial charge in [0.15, 0.2) is 11.0 Å². The molecule has 0 radical (unpaired) electrons. The average Bonchev–Trinajstić information content (AvgIpc) is 3.75. The zero-order chi connectivity index (χ0) is 29.6. The quantitative estimate of drug-likeness (QED) is 0.208. The molecule has 6 rings (SSSR count). The third-order valence-corrected chi connectivity index (χ3v) is 8.70. The number of benzene rings is 1. The minimum Gasteiger partial charge on any atom is -0.377 e. The van der Waals surface area contributed by atoms with Gasteiger partial charge >= 0.3 is 0 Å². The van der Waals surface area contributed by atoms with Crippen LogP contribution in [-0.4, -0.2) is 117 Å². The number of likely N-dealkylation sites (tertiary alicyclic amines) is 1. The third kappa shape index (κ3) is 8.12. The number of hydrogen-bond donors (Lipinski definition) is 3. The van der Waals surface area contributed by atoms with Gasteiger partial charge in [-0.15, -0.1) is 0 Å². The second kappa shape index (κ2) is 13.9. The Bertz CT molecular complexity index is 1500. The highest BCUT2D eigenvalue weighted by molar-refractivity contribution is 7.99. The van der Waals surface area contributed by atoms with Gasteiger partial charge in [0, 0.05) is 81.0 Å². The number of piperazine rings is 1. The minimum atomic E-state index is -0.0116. The van der Waals surface area contributed by atoms with Gasteiger partial charge in [0.25, 0.3) is 0 Å². The van der Waals surface area contributed by atoms with Gasteiger partial charge in [-0.1, -0.05) is 0 Å². The molecule has 43 heavy (non-hydrogen) atoms. The van der Waals surface area contributed by atoms with E-state index in [1.807, 2.05) is 60.0 Å². The molecule has 1 aromatic carbocycles. The predicted octanol–water partition coefficient (Wildman–Crippen LogP) is 3.32. The summed E-state index contributed by atoms with van der Waals surface area (Å²) < 4.78 is 8.02. The number of carbonyl (C=O) groups is 1. The van der Waals surface area contributed by atoms with Crippen molar-refractivity contribution in [1.82, 2.24) is 39.3 Å². The van der Waals surface area contributed by atoms with Crippen LogP contribution < -0.4 is 10.6 Å². The lowest BCUT2D eigenvalue weighted by Gasteiger charge is -2.32. The van der Waals surface area contributed by atoms with Crippen molar-refractivity contribution in [1.29, 1.82) is 0 Å². The Kier molecular flexibility index (Phi) is 9.54. The number of carbonyl (C=O) groups excluding carboxylic acids is 1. The van der Waals surface area contributed by atoms with Crippen molar-refractivity contribution in [3.8, 4) is 0 Å². The van der Waals surface area contributed by atoms with Gasteiger partial charge in [-0.3, -0.25) is 19.2 Å². The topological polar surface area (TPSA) is 119 Å². The van der Waals surface area contributed by atoms with E-state index >= 15 is 0 Å². The van der Waals surface area contributed by atoms with Crippen molar-refractivity contribution in [3.63, 3.8) is 0 Å². The van der Waals surface area contributed by atoms with E-state index in [-0.39, 0.29) is 12.0 Å². The molecule has 3 N–H and O–H groups in total. The van der Waals surface area contributed by atoms with E-state index in [1.165, 1.54) is 11.8 Å². The Morgan fingerprint density at radius 2 is 1.93 bits per heavy atom. The fraction of sp³-hybridized carbons (Fsp3) is 0.467. The Labute approximate surface area is 256 Å². The van der Waals surface area contributed by atoms with Gasteiger partial charge in [0.2, 0.25) is 11.9 Å². The van der Waals surface area contributed by atoms with Gasteiger partial charge in [-0.25, -0.2) is 4.98 Å². The Hall–Kier alpha value is -3.49. The number of nitrogens with zero attached hydrogens (tertiary/aromatic N) is 7. The first-order chi connectivity index (χ1) is 21.0. The highest BCUT2D eigenvalue weighted by atomic mass is 32.2. The smallest absolute Gasteiger partial charge is 0.238 e. The first-order valence-electron chi connectivity index (χ1n) is 14.9. The van der Waals surface area contributed by atoms with Crippen LogP contribution in [0.15, 0.2) is 58.7 Å². The van der Waals surface area contributed by atoms with Crippen LogP contribution in [0.1, 0.15) is 18.5 Å². The van der Waals surface area contributed by atoms with Crippen molar-refractivity contribution in [2.45, 2.75) is 35.9 Å². The normalized spacial score (nSPS) is 18.4. The van der Waals surface area contributed by atoms with Crippen molar-refractivity contribution < 1.29 is 9.53 Å². The van der Waals surface area contributed by atoms with Crippen molar-refractivity contribution in [3.05, 3.63) is 54.4 Å². The van der Waals surface area contributed by atoms with E-state index in [1.54, 1.807) is 0 Å². The number of hydrogen-bond acceptors (Lipinski definition) is 10. The Morgan fingerprint density at radius 1 is 1.09 bits per heavy atom. The van der Waals surface area contributed by atoms with Crippen LogP contribution >= 0.6 is 11.8 Å². The first-order valence-corrected chi connectivity index (χ1v) is 15.8. The van der Waals surface area contributed by atoms with Crippen molar-refractivity contribution in [2.24, 2.45) is 0 Å². The maximum absolute atomic E-state index is 12.8. The SMILES string of the molecule is Cc1cc(Nc2nc(Sc3ccc(NC(=O)CN4CCC(OCCCN5CCN(C)CC5)C4)cc3)nc3cccn23)n[nH]1. The molecule has 0 saturated carbocycles. The maximum atomic E-state index is 12.8. The van der Waals surface area contributed by atoms with Crippen LogP contribution in [0.25, 0.3) is 5.65 Å². The molecule has 0 aliphatic carbocycles. The molecule has 1 unspecified atom stereocenters. The number of likely N-dealkylation sites (N-methyl/N-ethyl adjacent to an activating group) is 1. The fourth-order valence-corrected chi connectivity index (χ4v) is 6.20. The van der Waals surface area contributed by atoms with Gasteiger partial charge in [0.1, 0.15) is 5.65 Å². The summed E-state index contributed by atoms with van der Waals surface area (Å²) in [4.78, 5) is 30.2. The molecule has 2 saturated heterocycles. The second-order valence-corrected chi connectivity index (χ2v) is 12.4. The fourth-order valence-electron chi connectivity index (χ4n) is 5.44. The number of rotatable bonds is 12. The van der Waals surface area contributed by atoms with Crippen LogP contribution in [0.3, 0.4) is 0 Å². The summed E-state index contributed by atoms with van der Waals surface area (Å²) in [5.74, 6) is 1.31. The molecular weight excluding hydrogens is 564 g/mol. The zero-order valence-electron chi connectivity index (χ0n) is 24.8. The Morgan fingerprint density at radius 3 is 2.72 bits per heavy atom. The molecule has 5 heterocycles. The van der Waals surface area contributed by atoms with E-state index in [4.69, 9.17) is 9.72 Å². The lowest BCUT2D eigenvalue weighted by molar-refractivity contribution is -0.117.